The Bertz CT molecular complexity index is 544. The van der Waals surface area contributed by atoms with Crippen molar-refractivity contribution < 1.29 is 9.53 Å². The number of carbonyl (C=O) groups excluding carboxylic acids is 1. The topological polar surface area (TPSA) is 54.5 Å². The van der Waals surface area contributed by atoms with Gasteiger partial charge in [0.1, 0.15) is 14.9 Å². The third-order valence-corrected chi connectivity index (χ3v) is 4.90. The number of halogens is 1. The lowest BCUT2D eigenvalue weighted by atomic mass is 9.82. The van der Waals surface area contributed by atoms with Crippen LogP contribution in [-0.2, 0) is 11.3 Å². The van der Waals surface area contributed by atoms with Crippen molar-refractivity contribution >= 4 is 29.0 Å². The number of aromatic nitrogens is 1. The molecule has 2 rings (SSSR count). The number of ether oxygens (including phenoxy) is 1. The molecule has 0 spiro atoms. The molecule has 23 heavy (non-hydrogen) atoms. The first-order valence-corrected chi connectivity index (χ1v) is 9.15. The van der Waals surface area contributed by atoms with E-state index in [4.69, 9.17) is 16.3 Å². The number of carbonyl (C=O) groups is 1. The lowest BCUT2D eigenvalue weighted by Crippen LogP contribution is -2.50. The zero-order valence-corrected chi connectivity index (χ0v) is 15.9. The summed E-state index contributed by atoms with van der Waals surface area (Å²) in [6, 6.07) is 0. The SMILES string of the molecule is CC1(CNCc2ncc(Cl)s2)CCCN(C(=O)OC(C)(C)C)C1. The molecule has 1 aliphatic heterocycles. The van der Waals surface area contributed by atoms with Crippen LogP contribution >= 0.6 is 22.9 Å². The molecule has 1 atom stereocenters. The zero-order valence-electron chi connectivity index (χ0n) is 14.3. The summed E-state index contributed by atoms with van der Waals surface area (Å²) < 4.78 is 6.20. The number of rotatable bonds is 4. The van der Waals surface area contributed by atoms with Crippen LogP contribution in [0.5, 0.6) is 0 Å². The first-order valence-electron chi connectivity index (χ1n) is 7.96. The molecule has 5 nitrogen and oxygen atoms in total. The molecule has 130 valence electrons. The van der Waals surface area contributed by atoms with Crippen molar-refractivity contribution in [1.29, 1.82) is 0 Å². The van der Waals surface area contributed by atoms with E-state index in [0.29, 0.717) is 17.4 Å². The Balaban J connectivity index is 1.84. The Kier molecular flexibility index (Phi) is 5.92. The van der Waals surface area contributed by atoms with Crippen LogP contribution in [0.1, 0.15) is 45.5 Å². The summed E-state index contributed by atoms with van der Waals surface area (Å²) >= 11 is 7.38. The van der Waals surface area contributed by atoms with Gasteiger partial charge in [0, 0.05) is 26.2 Å². The van der Waals surface area contributed by atoms with E-state index in [1.807, 2.05) is 25.7 Å². The Morgan fingerprint density at radius 1 is 1.57 bits per heavy atom. The minimum Gasteiger partial charge on any atom is -0.444 e. The van der Waals surface area contributed by atoms with Gasteiger partial charge in [-0.3, -0.25) is 0 Å². The molecule has 1 amide bonds. The fraction of sp³-hybridized carbons (Fsp3) is 0.750. The third-order valence-electron chi connectivity index (χ3n) is 3.79. The van der Waals surface area contributed by atoms with Gasteiger partial charge >= 0.3 is 6.09 Å². The molecular weight excluding hydrogens is 334 g/mol. The molecule has 0 aromatic carbocycles. The molecule has 7 heteroatoms. The second-order valence-electron chi connectivity index (χ2n) is 7.48. The zero-order chi connectivity index (χ0) is 17.1. The van der Waals surface area contributed by atoms with Gasteiger partial charge in [-0.2, -0.15) is 0 Å². The lowest BCUT2D eigenvalue weighted by Gasteiger charge is -2.41. The van der Waals surface area contributed by atoms with E-state index >= 15 is 0 Å². The van der Waals surface area contributed by atoms with Crippen LogP contribution in [0.2, 0.25) is 4.34 Å². The Morgan fingerprint density at radius 2 is 2.30 bits per heavy atom. The first kappa shape index (κ1) is 18.5. The summed E-state index contributed by atoms with van der Waals surface area (Å²) in [4.78, 5) is 18.3. The summed E-state index contributed by atoms with van der Waals surface area (Å²) in [6.07, 6.45) is 3.56. The number of nitrogens with one attached hydrogen (secondary N) is 1. The number of nitrogens with zero attached hydrogens (tertiary/aromatic N) is 2. The molecule has 0 bridgehead atoms. The van der Waals surface area contributed by atoms with E-state index in [9.17, 15) is 4.79 Å². The fourth-order valence-corrected chi connectivity index (χ4v) is 3.71. The molecule has 0 aliphatic carbocycles. The van der Waals surface area contributed by atoms with Crippen LogP contribution in [-0.4, -0.2) is 41.2 Å². The van der Waals surface area contributed by atoms with Crippen LogP contribution in [0, 0.1) is 5.41 Å². The largest absolute Gasteiger partial charge is 0.444 e. The van der Waals surface area contributed by atoms with Crippen LogP contribution in [0.4, 0.5) is 4.79 Å². The molecule has 1 aromatic rings. The van der Waals surface area contributed by atoms with Gasteiger partial charge in [-0.1, -0.05) is 18.5 Å². The summed E-state index contributed by atoms with van der Waals surface area (Å²) in [5.41, 5.74) is -0.399. The van der Waals surface area contributed by atoms with Crippen LogP contribution < -0.4 is 5.32 Å². The highest BCUT2D eigenvalue weighted by Gasteiger charge is 2.34. The fourth-order valence-electron chi connectivity index (χ4n) is 2.78. The van der Waals surface area contributed by atoms with Gasteiger partial charge in [-0.15, -0.1) is 11.3 Å². The highest BCUT2D eigenvalue weighted by atomic mass is 35.5. The van der Waals surface area contributed by atoms with Gasteiger partial charge in [-0.25, -0.2) is 9.78 Å². The molecule has 1 N–H and O–H groups in total. The van der Waals surface area contributed by atoms with Crippen molar-refractivity contribution in [2.75, 3.05) is 19.6 Å². The Morgan fingerprint density at radius 3 is 2.91 bits per heavy atom. The summed E-state index contributed by atoms with van der Waals surface area (Å²) in [7, 11) is 0. The monoisotopic (exact) mass is 359 g/mol. The standard InChI is InChI=1S/C16H26ClN3O2S/c1-15(2,3)22-14(21)20-7-5-6-16(4,11-20)10-18-9-13-19-8-12(17)23-13/h8,18H,5-7,9-11H2,1-4H3. The molecule has 0 radical (unpaired) electrons. The van der Waals surface area contributed by atoms with E-state index in [1.165, 1.54) is 11.3 Å². The lowest BCUT2D eigenvalue weighted by molar-refractivity contribution is 0.00675. The van der Waals surface area contributed by atoms with Gasteiger partial charge in [0.2, 0.25) is 0 Å². The van der Waals surface area contributed by atoms with Crippen molar-refractivity contribution in [3.05, 3.63) is 15.5 Å². The van der Waals surface area contributed by atoms with Gasteiger partial charge in [-0.05, 0) is 39.0 Å². The molecule has 2 heterocycles. The average molecular weight is 360 g/mol. The van der Waals surface area contributed by atoms with E-state index in [-0.39, 0.29) is 11.5 Å². The molecule has 1 aromatic heterocycles. The highest BCUT2D eigenvalue weighted by Crippen LogP contribution is 2.30. The Hall–Kier alpha value is -0.850. The number of amides is 1. The molecule has 1 aliphatic rings. The molecule has 1 saturated heterocycles. The normalized spacial score (nSPS) is 22.2. The number of thiazole rings is 1. The Labute approximate surface area is 147 Å². The van der Waals surface area contributed by atoms with Gasteiger partial charge in [0.25, 0.3) is 0 Å². The summed E-state index contributed by atoms with van der Waals surface area (Å²) in [5, 5.41) is 4.43. The van der Waals surface area contributed by atoms with Crippen molar-refractivity contribution in [3.8, 4) is 0 Å². The van der Waals surface area contributed by atoms with Gasteiger partial charge < -0.3 is 15.0 Å². The maximum atomic E-state index is 12.3. The molecule has 1 unspecified atom stereocenters. The molecular formula is C16H26ClN3O2S. The maximum Gasteiger partial charge on any atom is 0.410 e. The number of hydrogen-bond donors (Lipinski definition) is 1. The van der Waals surface area contributed by atoms with Gasteiger partial charge in [0.05, 0.1) is 6.20 Å². The van der Waals surface area contributed by atoms with Crippen molar-refractivity contribution in [2.24, 2.45) is 5.41 Å². The molecule has 0 saturated carbocycles. The van der Waals surface area contributed by atoms with Crippen molar-refractivity contribution in [3.63, 3.8) is 0 Å². The summed E-state index contributed by atoms with van der Waals surface area (Å²) in [5.74, 6) is 0. The third kappa shape index (κ3) is 5.94. The van der Waals surface area contributed by atoms with Crippen molar-refractivity contribution in [2.45, 2.75) is 52.7 Å². The maximum absolute atomic E-state index is 12.3. The number of likely N-dealkylation sites (tertiary alicyclic amines) is 1. The first-order chi connectivity index (χ1) is 10.7. The van der Waals surface area contributed by atoms with Crippen LogP contribution in [0.3, 0.4) is 0 Å². The van der Waals surface area contributed by atoms with E-state index in [0.717, 1.165) is 30.9 Å². The number of hydrogen-bond acceptors (Lipinski definition) is 5. The van der Waals surface area contributed by atoms with E-state index in [1.54, 1.807) is 6.20 Å². The number of piperidine rings is 1. The summed E-state index contributed by atoms with van der Waals surface area (Å²) in [6.45, 7) is 10.9. The highest BCUT2D eigenvalue weighted by molar-refractivity contribution is 7.15. The van der Waals surface area contributed by atoms with Crippen LogP contribution in [0.25, 0.3) is 0 Å². The predicted molar refractivity (Wildman–Crippen MR) is 94.0 cm³/mol. The van der Waals surface area contributed by atoms with E-state index in [2.05, 4.69) is 17.2 Å². The predicted octanol–water partition coefficient (Wildman–Crippen LogP) is 3.92. The van der Waals surface area contributed by atoms with Crippen LogP contribution in [0.15, 0.2) is 6.20 Å². The molecule has 1 fully saturated rings. The smallest absolute Gasteiger partial charge is 0.410 e. The van der Waals surface area contributed by atoms with E-state index < -0.39 is 5.60 Å². The minimum atomic E-state index is -0.451. The average Bonchev–Trinajstić information content (AvgIpc) is 2.82. The minimum absolute atomic E-state index is 0.0518. The second-order valence-corrected chi connectivity index (χ2v) is 9.22. The van der Waals surface area contributed by atoms with Crippen molar-refractivity contribution in [1.82, 2.24) is 15.2 Å². The van der Waals surface area contributed by atoms with Gasteiger partial charge in [0.15, 0.2) is 0 Å². The second kappa shape index (κ2) is 7.36. The quantitative estimate of drug-likeness (QED) is 0.885.